The molecule has 0 aromatic heterocycles. The van der Waals surface area contributed by atoms with Crippen LogP contribution < -0.4 is 10.2 Å². The van der Waals surface area contributed by atoms with E-state index in [0.717, 1.165) is 18.5 Å². The van der Waals surface area contributed by atoms with E-state index >= 15 is 0 Å². The minimum atomic E-state index is 0.724. The Morgan fingerprint density at radius 2 is 2.05 bits per heavy atom. The summed E-state index contributed by atoms with van der Waals surface area (Å²) in [5.74, 6) is 0.840. The van der Waals surface area contributed by atoms with Gasteiger partial charge in [0.2, 0.25) is 0 Å². The van der Waals surface area contributed by atoms with Crippen molar-refractivity contribution < 1.29 is 0 Å². The summed E-state index contributed by atoms with van der Waals surface area (Å²) in [6, 6.07) is 7.77. The first-order valence-corrected chi connectivity index (χ1v) is 8.30. The summed E-state index contributed by atoms with van der Waals surface area (Å²) in [6.07, 6.45) is 8.11. The lowest BCUT2D eigenvalue weighted by Gasteiger charge is -2.30. The molecule has 110 valence electrons. The number of nitrogens with zero attached hydrogens (tertiary/aromatic N) is 1. The minimum Gasteiger partial charge on any atom is -0.374 e. The van der Waals surface area contributed by atoms with Gasteiger partial charge in [0.15, 0.2) is 0 Å². The van der Waals surface area contributed by atoms with Crippen molar-refractivity contribution in [2.75, 3.05) is 18.5 Å². The molecule has 1 fully saturated rings. The molecule has 2 atom stereocenters. The zero-order valence-corrected chi connectivity index (χ0v) is 13.0. The maximum Gasteiger partial charge on any atom is 0.0396 e. The largest absolute Gasteiger partial charge is 0.374 e. The molecule has 2 heteroatoms. The third-order valence-electron chi connectivity index (χ3n) is 5.17. The van der Waals surface area contributed by atoms with Crippen LogP contribution in [0.25, 0.3) is 0 Å². The van der Waals surface area contributed by atoms with E-state index < -0.39 is 0 Å². The average Bonchev–Trinajstić information content (AvgIpc) is 2.46. The van der Waals surface area contributed by atoms with Gasteiger partial charge in [-0.2, -0.15) is 0 Å². The van der Waals surface area contributed by atoms with Gasteiger partial charge in [0.05, 0.1) is 0 Å². The molecule has 1 aliphatic heterocycles. The Bertz CT molecular complexity index is 455. The van der Waals surface area contributed by atoms with Crippen LogP contribution in [0, 0.1) is 5.92 Å². The van der Waals surface area contributed by atoms with E-state index in [4.69, 9.17) is 0 Å². The summed E-state index contributed by atoms with van der Waals surface area (Å²) in [5, 5.41) is 3.79. The van der Waals surface area contributed by atoms with E-state index in [1.807, 2.05) is 0 Å². The Labute approximate surface area is 123 Å². The zero-order chi connectivity index (χ0) is 13.9. The topological polar surface area (TPSA) is 15.3 Å². The molecule has 2 aliphatic rings. The normalized spacial score (nSPS) is 26.4. The lowest BCUT2D eigenvalue weighted by Crippen LogP contribution is -2.36. The number of fused-ring (bicyclic) bond motifs is 1. The van der Waals surface area contributed by atoms with Gasteiger partial charge in [-0.3, -0.25) is 0 Å². The number of hydrogen-bond acceptors (Lipinski definition) is 2. The van der Waals surface area contributed by atoms with Crippen LogP contribution in [0.2, 0.25) is 0 Å². The first-order valence-electron chi connectivity index (χ1n) is 8.30. The Balaban J connectivity index is 1.63. The zero-order valence-electron chi connectivity index (χ0n) is 13.0. The number of nitrogens with one attached hydrogen (secondary N) is 1. The first-order chi connectivity index (χ1) is 9.74. The Morgan fingerprint density at radius 3 is 2.90 bits per heavy atom. The second-order valence-corrected chi connectivity index (χ2v) is 6.74. The fourth-order valence-corrected chi connectivity index (χ4v) is 3.82. The highest BCUT2D eigenvalue weighted by atomic mass is 15.1. The second kappa shape index (κ2) is 6.17. The smallest absolute Gasteiger partial charge is 0.0396 e. The molecule has 0 amide bonds. The maximum absolute atomic E-state index is 3.79. The summed E-state index contributed by atoms with van der Waals surface area (Å²) in [4.78, 5) is 2.39. The fraction of sp³-hybridized carbons (Fsp3) is 0.667. The highest BCUT2D eigenvalue weighted by molar-refractivity contribution is 5.56. The Morgan fingerprint density at radius 1 is 1.20 bits per heavy atom. The fourth-order valence-electron chi connectivity index (χ4n) is 3.82. The predicted octanol–water partition coefficient (Wildman–Crippen LogP) is 3.74. The number of anilines is 1. The molecule has 1 N–H and O–H groups in total. The van der Waals surface area contributed by atoms with E-state index in [1.165, 1.54) is 61.9 Å². The molecule has 1 aliphatic carbocycles. The molecule has 0 saturated heterocycles. The van der Waals surface area contributed by atoms with Crippen molar-refractivity contribution in [2.45, 2.75) is 58.0 Å². The molecule has 1 aromatic rings. The number of hydrogen-bond donors (Lipinski definition) is 1. The van der Waals surface area contributed by atoms with Crippen LogP contribution in [0.3, 0.4) is 0 Å². The molecular weight excluding hydrogens is 244 g/mol. The third-order valence-corrected chi connectivity index (χ3v) is 5.17. The van der Waals surface area contributed by atoms with Gasteiger partial charge in [-0.25, -0.2) is 0 Å². The van der Waals surface area contributed by atoms with E-state index in [1.54, 1.807) is 0 Å². The SMILES string of the molecule is C[C@H]1CCCC[C@@H]1NCc1ccc2c(c1)CCCN2C. The van der Waals surface area contributed by atoms with Crippen molar-refractivity contribution in [3.63, 3.8) is 0 Å². The van der Waals surface area contributed by atoms with Crippen molar-refractivity contribution in [3.8, 4) is 0 Å². The lowest BCUT2D eigenvalue weighted by molar-refractivity contribution is 0.279. The highest BCUT2D eigenvalue weighted by Gasteiger charge is 2.20. The Hall–Kier alpha value is -1.02. The van der Waals surface area contributed by atoms with Gasteiger partial charge in [-0.1, -0.05) is 31.9 Å². The summed E-state index contributed by atoms with van der Waals surface area (Å²) in [6.45, 7) is 4.63. The molecule has 1 aromatic carbocycles. The summed E-state index contributed by atoms with van der Waals surface area (Å²) in [7, 11) is 2.21. The van der Waals surface area contributed by atoms with Gasteiger partial charge in [0, 0.05) is 31.9 Å². The molecule has 0 unspecified atom stereocenters. The van der Waals surface area contributed by atoms with Crippen LogP contribution in [0.15, 0.2) is 18.2 Å². The van der Waals surface area contributed by atoms with Crippen LogP contribution in [0.4, 0.5) is 5.69 Å². The van der Waals surface area contributed by atoms with E-state index in [-0.39, 0.29) is 0 Å². The quantitative estimate of drug-likeness (QED) is 0.902. The lowest BCUT2D eigenvalue weighted by atomic mass is 9.86. The highest BCUT2D eigenvalue weighted by Crippen LogP contribution is 2.27. The molecule has 20 heavy (non-hydrogen) atoms. The molecule has 0 spiro atoms. The molecule has 3 rings (SSSR count). The molecular formula is C18H28N2. The van der Waals surface area contributed by atoms with Crippen LogP contribution >= 0.6 is 0 Å². The van der Waals surface area contributed by atoms with Crippen LogP contribution in [-0.4, -0.2) is 19.6 Å². The maximum atomic E-state index is 3.79. The van der Waals surface area contributed by atoms with E-state index in [2.05, 4.69) is 42.4 Å². The van der Waals surface area contributed by atoms with Crippen molar-refractivity contribution in [3.05, 3.63) is 29.3 Å². The Kier molecular flexibility index (Phi) is 4.30. The number of rotatable bonds is 3. The minimum absolute atomic E-state index is 0.724. The summed E-state index contributed by atoms with van der Waals surface area (Å²) >= 11 is 0. The van der Waals surface area contributed by atoms with Gasteiger partial charge >= 0.3 is 0 Å². The van der Waals surface area contributed by atoms with Crippen LogP contribution in [-0.2, 0) is 13.0 Å². The molecule has 0 bridgehead atoms. The van der Waals surface area contributed by atoms with Crippen molar-refractivity contribution in [1.82, 2.24) is 5.32 Å². The third kappa shape index (κ3) is 3.01. The van der Waals surface area contributed by atoms with Gasteiger partial charge in [0.25, 0.3) is 0 Å². The predicted molar refractivity (Wildman–Crippen MR) is 86.3 cm³/mol. The van der Waals surface area contributed by atoms with Gasteiger partial charge in [-0.05, 0) is 48.8 Å². The average molecular weight is 272 g/mol. The molecule has 2 nitrogen and oxygen atoms in total. The van der Waals surface area contributed by atoms with E-state index in [9.17, 15) is 0 Å². The standard InChI is InChI=1S/C18H28N2/c1-14-6-3-4-8-17(14)19-13-15-9-10-18-16(12-15)7-5-11-20(18)2/h9-10,12,14,17,19H,3-8,11,13H2,1-2H3/t14-,17-/m0/s1. The van der Waals surface area contributed by atoms with Crippen molar-refractivity contribution in [1.29, 1.82) is 0 Å². The summed E-state index contributed by atoms with van der Waals surface area (Å²) < 4.78 is 0. The van der Waals surface area contributed by atoms with Crippen molar-refractivity contribution in [2.24, 2.45) is 5.92 Å². The first kappa shape index (κ1) is 13.9. The number of aryl methyl sites for hydroxylation is 1. The van der Waals surface area contributed by atoms with Crippen LogP contribution in [0.1, 0.15) is 50.2 Å². The van der Waals surface area contributed by atoms with Crippen LogP contribution in [0.5, 0.6) is 0 Å². The second-order valence-electron chi connectivity index (χ2n) is 6.74. The van der Waals surface area contributed by atoms with Gasteiger partial charge in [-0.15, -0.1) is 0 Å². The molecule has 0 radical (unpaired) electrons. The molecule has 1 saturated carbocycles. The van der Waals surface area contributed by atoms with Gasteiger partial charge in [0.1, 0.15) is 0 Å². The number of benzene rings is 1. The van der Waals surface area contributed by atoms with E-state index in [0.29, 0.717) is 0 Å². The monoisotopic (exact) mass is 272 g/mol. The summed E-state index contributed by atoms with van der Waals surface area (Å²) in [5.41, 5.74) is 4.43. The van der Waals surface area contributed by atoms with Crippen molar-refractivity contribution >= 4 is 5.69 Å². The van der Waals surface area contributed by atoms with Gasteiger partial charge < -0.3 is 10.2 Å². The molecule has 1 heterocycles.